The van der Waals surface area contributed by atoms with Gasteiger partial charge in [-0.2, -0.15) is 0 Å². The standard InChI is InChI=1S/C14H11Cl3N2O2/c1-2-8-3-7(4-12(17)18-8)14(21)19-9-5-10(15)13(20)11(16)6-9/h3-6,20H,2H2,1H3,(H,19,21). The van der Waals surface area contributed by atoms with Gasteiger partial charge in [-0.25, -0.2) is 4.98 Å². The zero-order valence-corrected chi connectivity index (χ0v) is 13.2. The number of benzene rings is 1. The van der Waals surface area contributed by atoms with E-state index in [0.29, 0.717) is 17.7 Å². The molecule has 2 N–H and O–H groups in total. The summed E-state index contributed by atoms with van der Waals surface area (Å²) in [5.74, 6) is -0.594. The van der Waals surface area contributed by atoms with E-state index in [-0.39, 0.29) is 26.9 Å². The Morgan fingerprint density at radius 1 is 1.19 bits per heavy atom. The molecule has 21 heavy (non-hydrogen) atoms. The minimum atomic E-state index is -0.369. The fraction of sp³-hybridized carbons (Fsp3) is 0.143. The summed E-state index contributed by atoms with van der Waals surface area (Å²) in [7, 11) is 0. The second-order valence-electron chi connectivity index (χ2n) is 4.27. The van der Waals surface area contributed by atoms with Gasteiger partial charge in [0.2, 0.25) is 0 Å². The highest BCUT2D eigenvalue weighted by Gasteiger charge is 2.12. The molecule has 2 aromatic rings. The number of rotatable bonds is 3. The molecule has 0 spiro atoms. The number of phenols is 1. The van der Waals surface area contributed by atoms with Crippen molar-refractivity contribution >= 4 is 46.4 Å². The van der Waals surface area contributed by atoms with Crippen LogP contribution in [0.2, 0.25) is 15.2 Å². The molecule has 0 aliphatic rings. The highest BCUT2D eigenvalue weighted by Crippen LogP contribution is 2.34. The average molecular weight is 346 g/mol. The number of halogens is 3. The number of hydrogen-bond acceptors (Lipinski definition) is 3. The number of amides is 1. The number of aryl methyl sites for hydroxylation is 1. The Hall–Kier alpha value is -1.49. The first kappa shape index (κ1) is 15.9. The number of nitrogens with zero attached hydrogens (tertiary/aromatic N) is 1. The van der Waals surface area contributed by atoms with E-state index in [1.54, 1.807) is 6.07 Å². The van der Waals surface area contributed by atoms with Crippen molar-refractivity contribution in [1.82, 2.24) is 4.98 Å². The van der Waals surface area contributed by atoms with Gasteiger partial charge in [0, 0.05) is 16.9 Å². The molecule has 0 saturated carbocycles. The van der Waals surface area contributed by atoms with Crippen molar-refractivity contribution in [3.8, 4) is 5.75 Å². The van der Waals surface area contributed by atoms with E-state index in [0.717, 1.165) is 5.69 Å². The summed E-state index contributed by atoms with van der Waals surface area (Å²) in [5, 5.41) is 12.5. The van der Waals surface area contributed by atoms with Crippen LogP contribution in [0.25, 0.3) is 0 Å². The molecule has 1 aromatic heterocycles. The van der Waals surface area contributed by atoms with Crippen LogP contribution in [0, 0.1) is 0 Å². The molecule has 2 rings (SSSR count). The number of nitrogens with one attached hydrogen (secondary N) is 1. The Morgan fingerprint density at radius 2 is 1.81 bits per heavy atom. The number of anilines is 1. The molecule has 0 saturated heterocycles. The lowest BCUT2D eigenvalue weighted by molar-refractivity contribution is 0.102. The van der Waals surface area contributed by atoms with Crippen LogP contribution >= 0.6 is 34.8 Å². The predicted octanol–water partition coefficient (Wildman–Crippen LogP) is 4.56. The van der Waals surface area contributed by atoms with Gasteiger partial charge in [0.25, 0.3) is 5.91 Å². The Balaban J connectivity index is 2.28. The van der Waals surface area contributed by atoms with Crippen LogP contribution in [0.4, 0.5) is 5.69 Å². The molecule has 0 radical (unpaired) electrons. The molecule has 0 fully saturated rings. The summed E-state index contributed by atoms with van der Waals surface area (Å²) in [6.45, 7) is 1.92. The third-order valence-electron chi connectivity index (χ3n) is 2.75. The molecule has 0 unspecified atom stereocenters. The summed E-state index contributed by atoms with van der Waals surface area (Å²) in [6, 6.07) is 5.94. The van der Waals surface area contributed by atoms with Gasteiger partial charge < -0.3 is 10.4 Å². The molecule has 110 valence electrons. The normalized spacial score (nSPS) is 10.5. The molecule has 1 heterocycles. The largest absolute Gasteiger partial charge is 0.505 e. The van der Waals surface area contributed by atoms with Crippen molar-refractivity contribution in [3.63, 3.8) is 0 Å². The summed E-state index contributed by atoms with van der Waals surface area (Å²) in [6.07, 6.45) is 0.664. The molecule has 0 aliphatic heterocycles. The minimum Gasteiger partial charge on any atom is -0.505 e. The number of phenolic OH excluding ortho intramolecular Hbond substituents is 1. The fourth-order valence-corrected chi connectivity index (χ4v) is 2.42. The van der Waals surface area contributed by atoms with Crippen molar-refractivity contribution in [3.05, 3.63) is 50.7 Å². The third kappa shape index (κ3) is 3.79. The van der Waals surface area contributed by atoms with E-state index in [4.69, 9.17) is 34.8 Å². The molecule has 0 aliphatic carbocycles. The number of pyridine rings is 1. The number of aromatic nitrogens is 1. The first-order valence-electron chi connectivity index (χ1n) is 6.06. The van der Waals surface area contributed by atoms with Gasteiger partial charge in [-0.3, -0.25) is 4.79 Å². The molecule has 1 amide bonds. The van der Waals surface area contributed by atoms with E-state index >= 15 is 0 Å². The van der Waals surface area contributed by atoms with Gasteiger partial charge >= 0.3 is 0 Å². The van der Waals surface area contributed by atoms with E-state index < -0.39 is 0 Å². The molecular formula is C14H11Cl3N2O2. The second-order valence-corrected chi connectivity index (χ2v) is 5.47. The smallest absolute Gasteiger partial charge is 0.255 e. The highest BCUT2D eigenvalue weighted by molar-refractivity contribution is 6.37. The van der Waals surface area contributed by atoms with Crippen molar-refractivity contribution in [2.24, 2.45) is 0 Å². The van der Waals surface area contributed by atoms with Crippen LogP contribution in [0.15, 0.2) is 24.3 Å². The number of carbonyl (C=O) groups excluding carboxylic acids is 1. The van der Waals surface area contributed by atoms with E-state index in [9.17, 15) is 9.90 Å². The van der Waals surface area contributed by atoms with Crippen molar-refractivity contribution in [2.45, 2.75) is 13.3 Å². The quantitative estimate of drug-likeness (QED) is 0.633. The number of aromatic hydroxyl groups is 1. The minimum absolute atomic E-state index is 0.0554. The molecule has 4 nitrogen and oxygen atoms in total. The summed E-state index contributed by atoms with van der Waals surface area (Å²) in [4.78, 5) is 16.3. The van der Waals surface area contributed by atoms with E-state index in [1.165, 1.54) is 18.2 Å². The van der Waals surface area contributed by atoms with Crippen molar-refractivity contribution < 1.29 is 9.90 Å². The van der Waals surface area contributed by atoms with Crippen LogP contribution in [-0.4, -0.2) is 16.0 Å². The maximum absolute atomic E-state index is 12.2. The molecule has 0 atom stereocenters. The average Bonchev–Trinajstić information content (AvgIpc) is 2.43. The number of carbonyl (C=O) groups is 1. The molecule has 1 aromatic carbocycles. The zero-order chi connectivity index (χ0) is 15.6. The van der Waals surface area contributed by atoms with Crippen molar-refractivity contribution in [1.29, 1.82) is 0 Å². The van der Waals surface area contributed by atoms with E-state index in [2.05, 4.69) is 10.3 Å². The van der Waals surface area contributed by atoms with Gasteiger partial charge in [-0.05, 0) is 30.7 Å². The lowest BCUT2D eigenvalue weighted by Gasteiger charge is -2.09. The molecule has 0 bridgehead atoms. The van der Waals surface area contributed by atoms with Gasteiger partial charge in [0.05, 0.1) is 10.0 Å². The van der Waals surface area contributed by atoms with Crippen LogP contribution in [-0.2, 0) is 6.42 Å². The maximum atomic E-state index is 12.2. The van der Waals surface area contributed by atoms with Gasteiger partial charge in [-0.15, -0.1) is 0 Å². The topological polar surface area (TPSA) is 62.2 Å². The van der Waals surface area contributed by atoms with Gasteiger partial charge in [0.1, 0.15) is 5.15 Å². The lowest BCUT2D eigenvalue weighted by atomic mass is 10.2. The van der Waals surface area contributed by atoms with Gasteiger partial charge in [-0.1, -0.05) is 41.7 Å². The first-order valence-corrected chi connectivity index (χ1v) is 7.20. The summed E-state index contributed by atoms with van der Waals surface area (Å²) >= 11 is 17.5. The monoisotopic (exact) mass is 344 g/mol. The second kappa shape index (κ2) is 6.52. The third-order valence-corrected chi connectivity index (χ3v) is 3.52. The maximum Gasteiger partial charge on any atom is 0.255 e. The van der Waals surface area contributed by atoms with E-state index in [1.807, 2.05) is 6.92 Å². The molecule has 7 heteroatoms. The van der Waals surface area contributed by atoms with Crippen LogP contribution < -0.4 is 5.32 Å². The number of hydrogen-bond donors (Lipinski definition) is 2. The summed E-state index contributed by atoms with van der Waals surface area (Å²) in [5.41, 5.74) is 1.47. The Labute approximate surface area is 136 Å². The highest BCUT2D eigenvalue weighted by atomic mass is 35.5. The van der Waals surface area contributed by atoms with Crippen LogP contribution in [0.5, 0.6) is 5.75 Å². The first-order chi connectivity index (χ1) is 9.90. The molecular weight excluding hydrogens is 335 g/mol. The van der Waals surface area contributed by atoms with Crippen LogP contribution in [0.3, 0.4) is 0 Å². The SMILES string of the molecule is CCc1cc(C(=O)Nc2cc(Cl)c(O)c(Cl)c2)cc(Cl)n1. The fourth-order valence-electron chi connectivity index (χ4n) is 1.70. The zero-order valence-electron chi connectivity index (χ0n) is 11.0. The Kier molecular flexibility index (Phi) is 4.93. The summed E-state index contributed by atoms with van der Waals surface area (Å²) < 4.78 is 0. The van der Waals surface area contributed by atoms with Crippen LogP contribution in [0.1, 0.15) is 23.0 Å². The van der Waals surface area contributed by atoms with Crippen molar-refractivity contribution in [2.75, 3.05) is 5.32 Å². The Bertz CT molecular complexity index is 682. The van der Waals surface area contributed by atoms with Gasteiger partial charge in [0.15, 0.2) is 5.75 Å². The lowest BCUT2D eigenvalue weighted by Crippen LogP contribution is -2.12. The Morgan fingerprint density at radius 3 is 2.38 bits per heavy atom. The predicted molar refractivity (Wildman–Crippen MR) is 84.7 cm³/mol.